The second-order valence-electron chi connectivity index (χ2n) is 7.11. The van der Waals surface area contributed by atoms with Crippen LogP contribution in [0.3, 0.4) is 0 Å². The van der Waals surface area contributed by atoms with E-state index in [4.69, 9.17) is 9.15 Å². The summed E-state index contributed by atoms with van der Waals surface area (Å²) in [5.74, 6) is 0.669. The third-order valence-corrected chi connectivity index (χ3v) is 5.43. The first-order valence-electron chi connectivity index (χ1n) is 9.66. The van der Waals surface area contributed by atoms with Crippen LogP contribution in [0.2, 0.25) is 0 Å². The Labute approximate surface area is 169 Å². The minimum atomic E-state index is -0.237. The van der Waals surface area contributed by atoms with Crippen LogP contribution in [0.5, 0.6) is 5.75 Å². The lowest BCUT2D eigenvalue weighted by Gasteiger charge is -2.36. The average molecular weight is 392 g/mol. The summed E-state index contributed by atoms with van der Waals surface area (Å²) in [6, 6.07) is 13.7. The van der Waals surface area contributed by atoms with Gasteiger partial charge in [-0.3, -0.25) is 4.79 Å². The molecule has 0 unspecified atom stereocenters. The number of piperazine rings is 1. The van der Waals surface area contributed by atoms with Crippen LogP contribution in [-0.2, 0) is 0 Å². The van der Waals surface area contributed by atoms with Gasteiger partial charge in [-0.25, -0.2) is 0 Å². The van der Waals surface area contributed by atoms with Crippen molar-refractivity contribution >= 4 is 11.6 Å². The van der Waals surface area contributed by atoms with Gasteiger partial charge < -0.3 is 19.0 Å². The van der Waals surface area contributed by atoms with Gasteiger partial charge in [-0.1, -0.05) is 24.3 Å². The van der Waals surface area contributed by atoms with Gasteiger partial charge in [0.2, 0.25) is 0 Å². The number of benzene rings is 2. The number of rotatable bonds is 4. The van der Waals surface area contributed by atoms with Crippen molar-refractivity contribution in [1.29, 1.82) is 0 Å². The molecule has 0 atom stereocenters. The zero-order valence-corrected chi connectivity index (χ0v) is 16.9. The molecular weight excluding hydrogens is 368 g/mol. The zero-order chi connectivity index (χ0) is 20.4. The van der Waals surface area contributed by atoms with Gasteiger partial charge >= 0.3 is 11.8 Å². The molecule has 29 heavy (non-hydrogen) atoms. The maximum Gasteiger partial charge on any atom is 0.311 e. The Morgan fingerprint density at radius 2 is 1.76 bits per heavy atom. The summed E-state index contributed by atoms with van der Waals surface area (Å²) in [5, 5.41) is 8.01. The lowest BCUT2D eigenvalue weighted by Crippen LogP contribution is -2.49. The maximum atomic E-state index is 12.8. The van der Waals surface area contributed by atoms with E-state index in [1.807, 2.05) is 24.3 Å². The molecule has 0 spiro atoms. The molecule has 3 aromatic rings. The van der Waals surface area contributed by atoms with Gasteiger partial charge in [0.1, 0.15) is 5.75 Å². The molecule has 0 aliphatic carbocycles. The minimum Gasteiger partial charge on any atom is -0.496 e. The number of carbonyl (C=O) groups is 1. The highest BCUT2D eigenvalue weighted by atomic mass is 16.5. The first-order chi connectivity index (χ1) is 14.1. The largest absolute Gasteiger partial charge is 0.496 e. The third-order valence-electron chi connectivity index (χ3n) is 5.43. The molecule has 2 aromatic carbocycles. The Bertz CT molecular complexity index is 1020. The summed E-state index contributed by atoms with van der Waals surface area (Å²) in [6.07, 6.45) is 0. The summed E-state index contributed by atoms with van der Waals surface area (Å²) in [4.78, 5) is 16.9. The summed E-state index contributed by atoms with van der Waals surface area (Å²) in [6.45, 7) is 7.01. The molecule has 1 aromatic heterocycles. The Morgan fingerprint density at radius 3 is 2.52 bits per heavy atom. The van der Waals surface area contributed by atoms with Crippen LogP contribution >= 0.6 is 0 Å². The van der Waals surface area contributed by atoms with E-state index in [1.165, 1.54) is 16.8 Å². The molecule has 7 heteroatoms. The summed E-state index contributed by atoms with van der Waals surface area (Å²) in [5.41, 5.74) is 4.45. The number of anilines is 1. The fraction of sp³-hybridized carbons (Fsp3) is 0.318. The topological polar surface area (TPSA) is 71.7 Å². The predicted molar refractivity (Wildman–Crippen MR) is 110 cm³/mol. The molecule has 1 aliphatic rings. The van der Waals surface area contributed by atoms with Gasteiger partial charge in [-0.05, 0) is 43.2 Å². The Balaban J connectivity index is 1.45. The van der Waals surface area contributed by atoms with Gasteiger partial charge in [0.05, 0.1) is 12.7 Å². The molecule has 7 nitrogen and oxygen atoms in total. The number of aryl methyl sites for hydroxylation is 1. The van der Waals surface area contributed by atoms with Crippen molar-refractivity contribution in [2.75, 3.05) is 38.2 Å². The van der Waals surface area contributed by atoms with Crippen LogP contribution in [0.1, 0.15) is 21.8 Å². The van der Waals surface area contributed by atoms with Crippen molar-refractivity contribution in [1.82, 2.24) is 15.1 Å². The van der Waals surface area contributed by atoms with Gasteiger partial charge in [0, 0.05) is 31.9 Å². The average Bonchev–Trinajstić information content (AvgIpc) is 3.25. The number of amides is 1. The molecule has 1 fully saturated rings. The van der Waals surface area contributed by atoms with Crippen molar-refractivity contribution in [2.45, 2.75) is 13.8 Å². The van der Waals surface area contributed by atoms with Crippen molar-refractivity contribution in [3.63, 3.8) is 0 Å². The highest BCUT2D eigenvalue weighted by Gasteiger charge is 2.27. The summed E-state index contributed by atoms with van der Waals surface area (Å²) >= 11 is 0. The first-order valence-corrected chi connectivity index (χ1v) is 9.66. The lowest BCUT2D eigenvalue weighted by atomic mass is 10.1. The lowest BCUT2D eigenvalue weighted by molar-refractivity contribution is 0.0707. The molecule has 0 radical (unpaired) electrons. The second kappa shape index (κ2) is 7.95. The number of carbonyl (C=O) groups excluding carboxylic acids is 1. The van der Waals surface area contributed by atoms with Crippen molar-refractivity contribution < 1.29 is 13.9 Å². The Morgan fingerprint density at radius 1 is 1.00 bits per heavy atom. The highest BCUT2D eigenvalue weighted by Crippen LogP contribution is 2.29. The molecule has 0 N–H and O–H groups in total. The maximum absolute atomic E-state index is 12.8. The molecule has 1 amide bonds. The Hall–Kier alpha value is -3.35. The number of hydrogen-bond donors (Lipinski definition) is 0. The van der Waals surface area contributed by atoms with Crippen LogP contribution in [0.4, 0.5) is 5.69 Å². The SMILES string of the molecule is COc1ccccc1-c1nnc(C(=O)N2CCN(c3cccc(C)c3C)CC2)o1. The van der Waals surface area contributed by atoms with Gasteiger partial charge in [-0.2, -0.15) is 0 Å². The van der Waals surface area contributed by atoms with Crippen molar-refractivity contribution in [2.24, 2.45) is 0 Å². The third kappa shape index (κ3) is 3.68. The zero-order valence-electron chi connectivity index (χ0n) is 16.9. The van der Waals surface area contributed by atoms with Crippen molar-refractivity contribution in [3.8, 4) is 17.2 Å². The first kappa shape index (κ1) is 19.0. The summed E-state index contributed by atoms with van der Waals surface area (Å²) < 4.78 is 11.0. The molecule has 0 bridgehead atoms. The van der Waals surface area contributed by atoms with E-state index in [-0.39, 0.29) is 17.7 Å². The van der Waals surface area contributed by atoms with Crippen LogP contribution in [-0.4, -0.2) is 54.3 Å². The second-order valence-corrected chi connectivity index (χ2v) is 7.11. The Kier molecular flexibility index (Phi) is 5.20. The normalized spacial score (nSPS) is 14.2. The summed E-state index contributed by atoms with van der Waals surface area (Å²) in [7, 11) is 1.58. The van der Waals surface area contributed by atoms with Gasteiger partial charge in [0.15, 0.2) is 0 Å². The van der Waals surface area contributed by atoms with E-state index in [0.29, 0.717) is 24.4 Å². The van der Waals surface area contributed by atoms with E-state index in [2.05, 4.69) is 47.1 Å². The quantitative estimate of drug-likeness (QED) is 0.678. The van der Waals surface area contributed by atoms with Gasteiger partial charge in [-0.15, -0.1) is 10.2 Å². The molecule has 150 valence electrons. The van der Waals surface area contributed by atoms with E-state index < -0.39 is 0 Å². The fourth-order valence-electron chi connectivity index (χ4n) is 3.60. The standard InChI is InChI=1S/C22H24N4O3/c1-15-7-6-9-18(16(15)2)25-11-13-26(14-12-25)22(27)21-24-23-20(29-21)17-8-4-5-10-19(17)28-3/h4-10H,11-14H2,1-3H3. The van der Waals surface area contributed by atoms with Crippen LogP contribution in [0.15, 0.2) is 46.9 Å². The molecular formula is C22H24N4O3. The number of methoxy groups -OCH3 is 1. The number of aromatic nitrogens is 2. The monoisotopic (exact) mass is 392 g/mol. The highest BCUT2D eigenvalue weighted by molar-refractivity contribution is 5.90. The smallest absolute Gasteiger partial charge is 0.311 e. The van der Waals surface area contributed by atoms with Crippen molar-refractivity contribution in [3.05, 3.63) is 59.5 Å². The van der Waals surface area contributed by atoms with Crippen LogP contribution in [0.25, 0.3) is 11.5 Å². The minimum absolute atomic E-state index is 0.00564. The number of nitrogens with zero attached hydrogens (tertiary/aromatic N) is 4. The number of ether oxygens (including phenoxy) is 1. The number of para-hydroxylation sites is 1. The van der Waals surface area contributed by atoms with Crippen LogP contribution in [0, 0.1) is 13.8 Å². The predicted octanol–water partition coefficient (Wildman–Crippen LogP) is 3.32. The fourth-order valence-corrected chi connectivity index (χ4v) is 3.60. The van der Waals surface area contributed by atoms with E-state index in [9.17, 15) is 4.79 Å². The molecule has 0 saturated carbocycles. The van der Waals surface area contributed by atoms with Crippen LogP contribution < -0.4 is 9.64 Å². The molecule has 2 heterocycles. The van der Waals surface area contributed by atoms with Gasteiger partial charge in [0.25, 0.3) is 5.89 Å². The van der Waals surface area contributed by atoms with E-state index in [0.717, 1.165) is 13.1 Å². The molecule has 1 saturated heterocycles. The molecule has 1 aliphatic heterocycles. The number of hydrogen-bond acceptors (Lipinski definition) is 6. The van der Waals surface area contributed by atoms with E-state index >= 15 is 0 Å². The molecule has 4 rings (SSSR count). The van der Waals surface area contributed by atoms with E-state index in [1.54, 1.807) is 12.0 Å².